The lowest BCUT2D eigenvalue weighted by atomic mass is 10.1. The Balaban J connectivity index is 1.82. The van der Waals surface area contributed by atoms with E-state index in [4.69, 9.17) is 0 Å². The summed E-state index contributed by atoms with van der Waals surface area (Å²) in [5.74, 6) is -2.32. The van der Waals surface area contributed by atoms with Crippen LogP contribution in [0.2, 0.25) is 0 Å². The van der Waals surface area contributed by atoms with Crippen LogP contribution in [-0.2, 0) is 4.79 Å². The van der Waals surface area contributed by atoms with Crippen molar-refractivity contribution in [2.45, 2.75) is 0 Å². The van der Waals surface area contributed by atoms with Crippen molar-refractivity contribution in [3.8, 4) is 0 Å². The van der Waals surface area contributed by atoms with E-state index < -0.39 is 34.9 Å². The number of amides is 3. The highest BCUT2D eigenvalue weighted by molar-refractivity contribution is 6.24. The maximum absolute atomic E-state index is 12.3. The van der Waals surface area contributed by atoms with Gasteiger partial charge in [-0.15, -0.1) is 0 Å². The summed E-state index contributed by atoms with van der Waals surface area (Å²) < 4.78 is 0. The predicted molar refractivity (Wildman–Crippen MR) is 79.1 cm³/mol. The zero-order valence-electron chi connectivity index (χ0n) is 12.0. The van der Waals surface area contributed by atoms with E-state index in [0.717, 1.165) is 6.07 Å². The number of benzene rings is 1. The lowest BCUT2D eigenvalue weighted by Gasteiger charge is -2.12. The van der Waals surface area contributed by atoms with Gasteiger partial charge in [0.15, 0.2) is 0 Å². The number of nitro groups is 1. The fraction of sp³-hybridized carbons (Fsp3) is 0.0714. The van der Waals surface area contributed by atoms with Crippen LogP contribution < -0.4 is 5.32 Å². The molecule has 1 aromatic carbocycles. The number of nitrogens with one attached hydrogen (secondary N) is 1. The number of fused-ring (bicyclic) bond motifs is 1. The van der Waals surface area contributed by atoms with Crippen LogP contribution in [0.25, 0.3) is 0 Å². The molecule has 120 valence electrons. The first kappa shape index (κ1) is 15.2. The Morgan fingerprint density at radius 2 is 1.88 bits per heavy atom. The number of aromatic nitrogens is 2. The number of imide groups is 1. The van der Waals surface area contributed by atoms with Crippen LogP contribution in [0.1, 0.15) is 20.7 Å². The van der Waals surface area contributed by atoms with E-state index in [2.05, 4.69) is 15.3 Å². The summed E-state index contributed by atoms with van der Waals surface area (Å²) in [4.78, 5) is 55.0. The molecule has 0 aliphatic carbocycles. The second-order valence-corrected chi connectivity index (χ2v) is 4.77. The Morgan fingerprint density at radius 1 is 1.17 bits per heavy atom. The van der Waals surface area contributed by atoms with Crippen LogP contribution in [0, 0.1) is 10.1 Å². The van der Waals surface area contributed by atoms with Crippen molar-refractivity contribution in [3.05, 3.63) is 57.9 Å². The van der Waals surface area contributed by atoms with Crippen molar-refractivity contribution < 1.29 is 19.3 Å². The molecule has 0 saturated heterocycles. The lowest BCUT2D eigenvalue weighted by Crippen LogP contribution is -2.37. The van der Waals surface area contributed by atoms with Gasteiger partial charge in [0.05, 0.1) is 10.5 Å². The minimum Gasteiger partial charge on any atom is -0.293 e. The number of hydrogen-bond acceptors (Lipinski definition) is 7. The van der Waals surface area contributed by atoms with E-state index in [0.29, 0.717) is 4.90 Å². The van der Waals surface area contributed by atoms with Gasteiger partial charge < -0.3 is 0 Å². The maximum Gasteiger partial charge on any atom is 0.282 e. The SMILES string of the molecule is O=C(CN1C(=O)c2cccc([N+](=O)[O-])c2C1=O)Nc1ncccn1. The van der Waals surface area contributed by atoms with Gasteiger partial charge in [-0.1, -0.05) is 6.07 Å². The monoisotopic (exact) mass is 327 g/mol. The Hall–Kier alpha value is -3.69. The summed E-state index contributed by atoms with van der Waals surface area (Å²) in [5, 5.41) is 13.3. The number of carbonyl (C=O) groups is 3. The molecule has 0 unspecified atom stereocenters. The number of anilines is 1. The summed E-state index contributed by atoms with van der Waals surface area (Å²) in [6, 6.07) is 5.30. The van der Waals surface area contributed by atoms with Gasteiger partial charge in [0.25, 0.3) is 17.5 Å². The number of rotatable bonds is 4. The fourth-order valence-corrected chi connectivity index (χ4v) is 2.28. The molecule has 1 aliphatic rings. The van der Waals surface area contributed by atoms with Gasteiger partial charge in [0.1, 0.15) is 12.1 Å². The maximum atomic E-state index is 12.3. The molecule has 24 heavy (non-hydrogen) atoms. The van der Waals surface area contributed by atoms with E-state index in [1.54, 1.807) is 6.07 Å². The molecule has 0 saturated carbocycles. The van der Waals surface area contributed by atoms with Crippen LogP contribution in [0.5, 0.6) is 0 Å². The molecule has 3 amide bonds. The van der Waals surface area contributed by atoms with E-state index in [-0.39, 0.29) is 17.1 Å². The molecule has 10 heteroatoms. The molecule has 1 N–H and O–H groups in total. The molecular weight excluding hydrogens is 318 g/mol. The molecule has 10 nitrogen and oxygen atoms in total. The molecule has 2 aromatic rings. The average molecular weight is 327 g/mol. The van der Waals surface area contributed by atoms with Crippen molar-refractivity contribution >= 4 is 29.4 Å². The Labute approximate surface area is 134 Å². The third kappa shape index (κ3) is 2.56. The molecule has 0 atom stereocenters. The van der Waals surface area contributed by atoms with Crippen LogP contribution in [0.4, 0.5) is 11.6 Å². The van der Waals surface area contributed by atoms with Crippen molar-refractivity contribution in [2.75, 3.05) is 11.9 Å². The number of nitrogens with zero attached hydrogens (tertiary/aromatic N) is 4. The van der Waals surface area contributed by atoms with Gasteiger partial charge in [-0.3, -0.25) is 34.7 Å². The lowest BCUT2D eigenvalue weighted by molar-refractivity contribution is -0.385. The predicted octanol–water partition coefficient (Wildman–Crippen LogP) is 0.620. The fourth-order valence-electron chi connectivity index (χ4n) is 2.28. The van der Waals surface area contributed by atoms with Crippen molar-refractivity contribution in [1.82, 2.24) is 14.9 Å². The molecular formula is C14H9N5O5. The first-order valence-corrected chi connectivity index (χ1v) is 6.69. The molecule has 0 radical (unpaired) electrons. The van der Waals surface area contributed by atoms with Crippen molar-refractivity contribution in [3.63, 3.8) is 0 Å². The van der Waals surface area contributed by atoms with Crippen LogP contribution in [0.15, 0.2) is 36.7 Å². The van der Waals surface area contributed by atoms with E-state index >= 15 is 0 Å². The molecule has 0 fully saturated rings. The van der Waals surface area contributed by atoms with Crippen LogP contribution in [-0.4, -0.2) is 44.1 Å². The summed E-state index contributed by atoms with van der Waals surface area (Å²) in [6.07, 6.45) is 2.82. The third-order valence-corrected chi connectivity index (χ3v) is 3.29. The zero-order valence-corrected chi connectivity index (χ0v) is 12.0. The second-order valence-electron chi connectivity index (χ2n) is 4.77. The highest BCUT2D eigenvalue weighted by atomic mass is 16.6. The first-order chi connectivity index (χ1) is 11.5. The zero-order chi connectivity index (χ0) is 17.3. The number of nitro benzene ring substituents is 1. The van der Waals surface area contributed by atoms with Crippen LogP contribution in [0.3, 0.4) is 0 Å². The van der Waals surface area contributed by atoms with Gasteiger partial charge in [0, 0.05) is 18.5 Å². The summed E-state index contributed by atoms with van der Waals surface area (Å²) >= 11 is 0. The van der Waals surface area contributed by atoms with Crippen molar-refractivity contribution in [1.29, 1.82) is 0 Å². The molecule has 3 rings (SSSR count). The smallest absolute Gasteiger partial charge is 0.282 e. The normalized spacial score (nSPS) is 12.9. The Bertz CT molecular complexity index is 867. The van der Waals surface area contributed by atoms with E-state index in [9.17, 15) is 24.5 Å². The van der Waals surface area contributed by atoms with Crippen molar-refractivity contribution in [2.24, 2.45) is 0 Å². The van der Waals surface area contributed by atoms with Gasteiger partial charge in [-0.25, -0.2) is 9.97 Å². The van der Waals surface area contributed by atoms with E-state index in [1.807, 2.05) is 0 Å². The highest BCUT2D eigenvalue weighted by Crippen LogP contribution is 2.30. The average Bonchev–Trinajstić information content (AvgIpc) is 2.81. The largest absolute Gasteiger partial charge is 0.293 e. The third-order valence-electron chi connectivity index (χ3n) is 3.29. The highest BCUT2D eigenvalue weighted by Gasteiger charge is 2.41. The topological polar surface area (TPSA) is 135 Å². The Kier molecular flexibility index (Phi) is 3.70. The minimum absolute atomic E-state index is 0.0186. The summed E-state index contributed by atoms with van der Waals surface area (Å²) in [5.41, 5.74) is -0.880. The van der Waals surface area contributed by atoms with Gasteiger partial charge in [-0.05, 0) is 12.1 Å². The quantitative estimate of drug-likeness (QED) is 0.494. The minimum atomic E-state index is -0.883. The van der Waals surface area contributed by atoms with Gasteiger partial charge in [-0.2, -0.15) is 0 Å². The summed E-state index contributed by atoms with van der Waals surface area (Å²) in [7, 11) is 0. The number of carbonyl (C=O) groups excluding carboxylic acids is 3. The number of hydrogen-bond donors (Lipinski definition) is 1. The molecule has 1 aliphatic heterocycles. The standard InChI is InChI=1S/C14H9N5O5/c20-10(17-14-15-5-2-6-16-14)7-18-12(21)8-3-1-4-9(19(23)24)11(8)13(18)22/h1-6H,7H2,(H,15,16,17,20). The summed E-state index contributed by atoms with van der Waals surface area (Å²) in [6.45, 7) is -0.595. The molecule has 1 aromatic heterocycles. The van der Waals surface area contributed by atoms with Gasteiger partial charge >= 0.3 is 0 Å². The van der Waals surface area contributed by atoms with Crippen LogP contribution >= 0.6 is 0 Å². The first-order valence-electron chi connectivity index (χ1n) is 6.69. The second kappa shape index (κ2) is 5.83. The van der Waals surface area contributed by atoms with E-state index in [1.165, 1.54) is 24.5 Å². The molecule has 0 bridgehead atoms. The Morgan fingerprint density at radius 3 is 2.54 bits per heavy atom. The molecule has 2 heterocycles. The van der Waals surface area contributed by atoms with Gasteiger partial charge in [0.2, 0.25) is 11.9 Å². The molecule has 0 spiro atoms.